The molecule has 1 saturated heterocycles. The second-order valence-electron chi connectivity index (χ2n) is 10.3. The fourth-order valence-corrected chi connectivity index (χ4v) is 6.27. The molecule has 0 saturated carbocycles. The molecular formula is C30H30N4O10S. The summed E-state index contributed by atoms with van der Waals surface area (Å²) >= 11 is 0.971. The quantitative estimate of drug-likeness (QED) is 0.204. The minimum Gasteiger partial charge on any atom is -0.463 e. The van der Waals surface area contributed by atoms with Gasteiger partial charge in [0.2, 0.25) is 5.78 Å². The Morgan fingerprint density at radius 2 is 1.51 bits per heavy atom. The second kappa shape index (κ2) is 13.1. The molecule has 14 nitrogen and oxygen atoms in total. The molecule has 0 bridgehead atoms. The van der Waals surface area contributed by atoms with E-state index in [0.29, 0.717) is 16.6 Å². The third-order valence-corrected chi connectivity index (χ3v) is 7.91. The number of nitrogens with zero attached hydrogens (tertiary/aromatic N) is 4. The van der Waals surface area contributed by atoms with Crippen LogP contribution in [0.15, 0.2) is 58.5 Å². The summed E-state index contributed by atoms with van der Waals surface area (Å²) in [5.74, 6) is -2.62. The summed E-state index contributed by atoms with van der Waals surface area (Å²) in [6.07, 6.45) is -5.08. The number of carbonyl (C=O) groups excluding carboxylic acids is 4. The van der Waals surface area contributed by atoms with Crippen molar-refractivity contribution in [3.8, 4) is 5.69 Å². The predicted molar refractivity (Wildman–Crippen MR) is 159 cm³/mol. The van der Waals surface area contributed by atoms with Crippen LogP contribution in [0, 0.1) is 6.92 Å². The molecule has 45 heavy (non-hydrogen) atoms. The molecule has 15 heteroatoms. The van der Waals surface area contributed by atoms with Crippen molar-refractivity contribution in [3.63, 3.8) is 0 Å². The molecule has 0 aliphatic carbocycles. The minimum absolute atomic E-state index is 0.206. The van der Waals surface area contributed by atoms with Crippen LogP contribution in [-0.2, 0) is 42.9 Å². The molecule has 1 aliphatic rings. The van der Waals surface area contributed by atoms with E-state index in [1.54, 1.807) is 34.7 Å². The summed E-state index contributed by atoms with van der Waals surface area (Å²) in [6.45, 7) is 6.20. The molecule has 0 spiro atoms. The van der Waals surface area contributed by atoms with Gasteiger partial charge < -0.3 is 23.7 Å². The highest BCUT2D eigenvalue weighted by Gasteiger charge is 2.53. The number of hydrogen-bond donors (Lipinski definition) is 0. The van der Waals surface area contributed by atoms with Gasteiger partial charge in [0.05, 0.1) is 16.6 Å². The molecule has 2 aromatic carbocycles. The molecule has 0 radical (unpaired) electrons. The molecule has 236 valence electrons. The largest absolute Gasteiger partial charge is 0.463 e. The first kappa shape index (κ1) is 31.7. The molecule has 0 amide bonds. The summed E-state index contributed by atoms with van der Waals surface area (Å²) in [4.78, 5) is 62.0. The minimum atomic E-state index is -1.34. The monoisotopic (exact) mass is 638 g/mol. The lowest BCUT2D eigenvalue weighted by Gasteiger charge is -2.43. The summed E-state index contributed by atoms with van der Waals surface area (Å²) in [5.41, 5.74) is 0.555. The van der Waals surface area contributed by atoms with E-state index in [-0.39, 0.29) is 23.1 Å². The van der Waals surface area contributed by atoms with Crippen molar-refractivity contribution in [1.82, 2.24) is 19.2 Å². The van der Waals surface area contributed by atoms with Gasteiger partial charge in [0.25, 0.3) is 5.56 Å². The lowest BCUT2D eigenvalue weighted by molar-refractivity contribution is -0.237. The van der Waals surface area contributed by atoms with Crippen molar-refractivity contribution in [3.05, 3.63) is 64.4 Å². The molecular weight excluding hydrogens is 608 g/mol. The third-order valence-electron chi connectivity index (χ3n) is 6.82. The van der Waals surface area contributed by atoms with Crippen LogP contribution in [0.4, 0.5) is 0 Å². The predicted octanol–water partition coefficient (Wildman–Crippen LogP) is 2.52. The summed E-state index contributed by atoms with van der Waals surface area (Å²) in [7, 11) is 0. The molecule has 2 aromatic heterocycles. The Morgan fingerprint density at radius 1 is 0.844 bits per heavy atom. The van der Waals surface area contributed by atoms with E-state index in [1.165, 1.54) is 18.4 Å². The Bertz CT molecular complexity index is 1850. The van der Waals surface area contributed by atoms with Gasteiger partial charge in [-0.25, -0.2) is 4.57 Å². The molecule has 0 N–H and O–H groups in total. The van der Waals surface area contributed by atoms with Crippen LogP contribution in [-0.4, -0.2) is 79.5 Å². The van der Waals surface area contributed by atoms with Crippen LogP contribution < -0.4 is 5.56 Å². The zero-order valence-corrected chi connectivity index (χ0v) is 25.8. The second-order valence-corrected chi connectivity index (χ2v) is 11.4. The van der Waals surface area contributed by atoms with E-state index >= 15 is 0 Å². The smallest absolute Gasteiger partial charge is 0.303 e. The average molecular weight is 639 g/mol. The number of rotatable bonds is 8. The topological polar surface area (TPSA) is 167 Å². The van der Waals surface area contributed by atoms with Crippen molar-refractivity contribution in [1.29, 1.82) is 0 Å². The molecule has 3 heterocycles. The van der Waals surface area contributed by atoms with Crippen LogP contribution in [0.1, 0.15) is 33.3 Å². The Kier molecular flexibility index (Phi) is 9.20. The van der Waals surface area contributed by atoms with Crippen LogP contribution >= 0.6 is 11.8 Å². The van der Waals surface area contributed by atoms with E-state index < -0.39 is 53.7 Å². The number of para-hydroxylation sites is 1. The zero-order chi connectivity index (χ0) is 32.4. The first-order valence-electron chi connectivity index (χ1n) is 13.9. The maximum Gasteiger partial charge on any atom is 0.303 e. The van der Waals surface area contributed by atoms with Gasteiger partial charge in [-0.1, -0.05) is 24.3 Å². The molecule has 1 fully saturated rings. The van der Waals surface area contributed by atoms with Crippen molar-refractivity contribution < 1.29 is 42.9 Å². The first-order valence-corrected chi connectivity index (χ1v) is 14.8. The van der Waals surface area contributed by atoms with Gasteiger partial charge in [0.1, 0.15) is 12.7 Å². The van der Waals surface area contributed by atoms with Gasteiger partial charge >= 0.3 is 23.9 Å². The van der Waals surface area contributed by atoms with Gasteiger partial charge in [-0.3, -0.25) is 28.4 Å². The highest BCUT2D eigenvalue weighted by molar-refractivity contribution is 7.99. The van der Waals surface area contributed by atoms with Crippen molar-refractivity contribution in [2.45, 2.75) is 69.6 Å². The SMILES string of the molecule is CC(=O)OC[C@H]1O[C@@H](Sc2nnc3n(-c4cccc(C)c4)c(=O)c4ccccc4n23)[C@H](OC(C)=O)[C@@H](OC(C)=O)[C@@H]1OC(C)=O. The highest BCUT2D eigenvalue weighted by Crippen LogP contribution is 2.38. The number of fused-ring (bicyclic) bond motifs is 3. The Hall–Kier alpha value is -4.76. The van der Waals surface area contributed by atoms with E-state index in [9.17, 15) is 24.0 Å². The fourth-order valence-electron chi connectivity index (χ4n) is 5.14. The number of esters is 4. The number of hydrogen-bond acceptors (Lipinski definition) is 13. The first-order chi connectivity index (χ1) is 21.4. The van der Waals surface area contributed by atoms with E-state index in [4.69, 9.17) is 23.7 Å². The lowest BCUT2D eigenvalue weighted by Crippen LogP contribution is -2.61. The molecule has 5 rings (SSSR count). The maximum absolute atomic E-state index is 13.7. The van der Waals surface area contributed by atoms with E-state index in [0.717, 1.165) is 31.2 Å². The Balaban J connectivity index is 1.66. The van der Waals surface area contributed by atoms with Crippen molar-refractivity contribution in [2.24, 2.45) is 0 Å². The van der Waals surface area contributed by atoms with Crippen LogP contribution in [0.5, 0.6) is 0 Å². The lowest BCUT2D eigenvalue weighted by atomic mass is 9.99. The standard InChI is InChI=1S/C30H30N4O10S/c1-15-9-8-10-20(13-15)33-27(39)21-11-6-7-12-22(21)34-29(33)31-32-30(34)45-28-26(43-19(5)38)25(42-18(4)37)24(41-17(3)36)23(44-28)14-40-16(2)35/h6-13,23-26,28H,14H2,1-5H3/t23-,24-,25+,26-,28+/m1/s1. The molecule has 4 aromatic rings. The van der Waals surface area contributed by atoms with Crippen LogP contribution in [0.2, 0.25) is 0 Å². The Labute approximate surface area is 260 Å². The normalized spacial score (nSPS) is 21.3. The maximum atomic E-state index is 13.7. The highest BCUT2D eigenvalue weighted by atomic mass is 32.2. The van der Waals surface area contributed by atoms with E-state index in [1.807, 2.05) is 25.1 Å². The number of thioether (sulfide) groups is 1. The van der Waals surface area contributed by atoms with Crippen LogP contribution in [0.25, 0.3) is 22.4 Å². The van der Waals surface area contributed by atoms with Gasteiger partial charge in [-0.15, -0.1) is 10.2 Å². The number of aryl methyl sites for hydroxylation is 1. The Morgan fingerprint density at radius 3 is 2.18 bits per heavy atom. The number of ether oxygens (including phenoxy) is 5. The molecule has 0 unspecified atom stereocenters. The van der Waals surface area contributed by atoms with Gasteiger partial charge in [0.15, 0.2) is 28.9 Å². The summed E-state index contributed by atoms with van der Waals surface area (Å²) in [5, 5.41) is 9.35. The summed E-state index contributed by atoms with van der Waals surface area (Å²) in [6, 6.07) is 14.3. The van der Waals surface area contributed by atoms with Crippen molar-refractivity contribution >= 4 is 52.3 Å². The summed E-state index contributed by atoms with van der Waals surface area (Å²) < 4.78 is 31.2. The van der Waals surface area contributed by atoms with Crippen LogP contribution in [0.3, 0.4) is 0 Å². The average Bonchev–Trinajstić information content (AvgIpc) is 3.38. The van der Waals surface area contributed by atoms with E-state index in [2.05, 4.69) is 10.2 Å². The van der Waals surface area contributed by atoms with Gasteiger partial charge in [0, 0.05) is 27.7 Å². The number of benzene rings is 2. The molecule has 5 atom stereocenters. The molecule has 1 aliphatic heterocycles. The van der Waals surface area contributed by atoms with Gasteiger partial charge in [-0.05, 0) is 48.5 Å². The fraction of sp³-hybridized carbons (Fsp3) is 0.367. The zero-order valence-electron chi connectivity index (χ0n) is 25.0. The van der Waals surface area contributed by atoms with Crippen molar-refractivity contribution in [2.75, 3.05) is 6.61 Å². The number of aromatic nitrogens is 4. The van der Waals surface area contributed by atoms with Gasteiger partial charge in [-0.2, -0.15) is 0 Å². The third kappa shape index (κ3) is 6.68. The number of carbonyl (C=O) groups is 4.